The molecule has 4 heteroatoms. The molecule has 2 aliphatic heterocycles. The first-order valence-electron chi connectivity index (χ1n) is 8.63. The second-order valence-electron chi connectivity index (χ2n) is 6.66. The molecule has 2 aromatic rings. The highest BCUT2D eigenvalue weighted by Gasteiger charge is 2.29. The average molecular weight is 363 g/mol. The van der Waals surface area contributed by atoms with Crippen LogP contribution >= 0.6 is 11.6 Å². The van der Waals surface area contributed by atoms with Crippen LogP contribution in [-0.4, -0.2) is 36.0 Å². The van der Waals surface area contributed by atoms with Crippen molar-refractivity contribution in [2.24, 2.45) is 4.99 Å². The first-order valence-corrected chi connectivity index (χ1v) is 9.01. The van der Waals surface area contributed by atoms with Crippen molar-refractivity contribution in [3.8, 4) is 0 Å². The minimum Gasteiger partial charge on any atom is -0.367 e. The monoisotopic (exact) mass is 362 g/mol. The summed E-state index contributed by atoms with van der Waals surface area (Å²) in [7, 11) is 1.93. The lowest BCUT2D eigenvalue weighted by molar-refractivity contribution is -0.110. The maximum absolute atomic E-state index is 11.4. The Bertz CT molecular complexity index is 956. The Kier molecular flexibility index (Phi) is 4.25. The zero-order valence-corrected chi connectivity index (χ0v) is 15.4. The Balaban J connectivity index is 1.95. The number of likely N-dealkylation sites (N-methyl/N-ethyl adjacent to an activating group) is 1. The van der Waals surface area contributed by atoms with Crippen LogP contribution in [-0.2, 0) is 4.79 Å². The number of nitrogens with zero attached hydrogens (tertiary/aromatic N) is 2. The molecule has 2 atom stereocenters. The van der Waals surface area contributed by atoms with Gasteiger partial charge in [0.2, 0.25) is 0 Å². The highest BCUT2D eigenvalue weighted by atomic mass is 35.5. The van der Waals surface area contributed by atoms with E-state index in [0.29, 0.717) is 5.02 Å². The van der Waals surface area contributed by atoms with E-state index in [-0.39, 0.29) is 12.1 Å². The lowest BCUT2D eigenvalue weighted by Crippen LogP contribution is -2.31. The fraction of sp³-hybridized carbons (Fsp3) is 0.182. The summed E-state index contributed by atoms with van der Waals surface area (Å²) in [5, 5.41) is 0.707. The van der Waals surface area contributed by atoms with Crippen LogP contribution in [0.5, 0.6) is 0 Å². The highest BCUT2D eigenvalue weighted by molar-refractivity contribution is 6.30. The smallest absolute Gasteiger partial charge is 0.146 e. The van der Waals surface area contributed by atoms with Crippen LogP contribution in [0.4, 0.5) is 0 Å². The number of halogens is 1. The molecular weight excluding hydrogens is 344 g/mol. The number of hydrogen-bond acceptors (Lipinski definition) is 3. The van der Waals surface area contributed by atoms with Gasteiger partial charge in [-0.15, -0.1) is 0 Å². The summed E-state index contributed by atoms with van der Waals surface area (Å²) in [4.78, 5) is 18.4. The fourth-order valence-corrected chi connectivity index (χ4v) is 3.70. The highest BCUT2D eigenvalue weighted by Crippen LogP contribution is 2.37. The summed E-state index contributed by atoms with van der Waals surface area (Å²) in [5.41, 5.74) is 6.43. The number of carbonyl (C=O) groups is 1. The molecule has 26 heavy (non-hydrogen) atoms. The van der Waals surface area contributed by atoms with Crippen LogP contribution in [0, 0.1) is 0 Å². The van der Waals surface area contributed by atoms with Crippen molar-refractivity contribution < 1.29 is 4.79 Å². The van der Waals surface area contributed by atoms with E-state index in [1.807, 2.05) is 54.4 Å². The number of rotatable bonds is 2. The van der Waals surface area contributed by atoms with E-state index < -0.39 is 0 Å². The number of aliphatic imine (C=N–C) groups is 1. The van der Waals surface area contributed by atoms with Crippen molar-refractivity contribution in [3.05, 3.63) is 88.1 Å². The van der Waals surface area contributed by atoms with Gasteiger partial charge in [0.15, 0.2) is 0 Å². The van der Waals surface area contributed by atoms with E-state index in [4.69, 9.17) is 16.6 Å². The van der Waals surface area contributed by atoms with Crippen LogP contribution in [0.25, 0.3) is 5.57 Å². The van der Waals surface area contributed by atoms with Gasteiger partial charge in [0, 0.05) is 35.0 Å². The second kappa shape index (κ2) is 6.58. The molecule has 0 N–H and O–H groups in total. The molecule has 0 aliphatic carbocycles. The molecule has 3 nitrogen and oxygen atoms in total. The van der Waals surface area contributed by atoms with Gasteiger partial charge >= 0.3 is 0 Å². The van der Waals surface area contributed by atoms with Crippen molar-refractivity contribution in [2.45, 2.75) is 19.0 Å². The predicted molar refractivity (Wildman–Crippen MR) is 107 cm³/mol. The Hall–Kier alpha value is -2.65. The summed E-state index contributed by atoms with van der Waals surface area (Å²) in [5.74, 6) is 0. The van der Waals surface area contributed by atoms with Crippen LogP contribution in [0.1, 0.15) is 23.6 Å². The largest absolute Gasteiger partial charge is 0.367 e. The summed E-state index contributed by atoms with van der Waals surface area (Å²) in [6.07, 6.45) is 5.05. The summed E-state index contributed by atoms with van der Waals surface area (Å²) in [6.45, 7) is 2.08. The summed E-state index contributed by atoms with van der Waals surface area (Å²) < 4.78 is 0. The summed E-state index contributed by atoms with van der Waals surface area (Å²) >= 11 is 6.06. The molecule has 0 aromatic heterocycles. The van der Waals surface area contributed by atoms with E-state index in [2.05, 4.69) is 25.3 Å². The fourth-order valence-electron chi connectivity index (χ4n) is 3.58. The molecule has 0 fully saturated rings. The molecule has 2 aliphatic rings. The SMILES string of the molecule is C[C@@H]1N=C(c2ccc(Cl)cc2)c2ccccc2C2=CN(C)C(C=O)C=C21. The Labute approximate surface area is 158 Å². The number of hydrogen-bond donors (Lipinski definition) is 0. The van der Waals surface area contributed by atoms with Crippen molar-refractivity contribution in [2.75, 3.05) is 7.05 Å². The van der Waals surface area contributed by atoms with Crippen molar-refractivity contribution in [3.63, 3.8) is 0 Å². The molecule has 1 unspecified atom stereocenters. The first-order chi connectivity index (χ1) is 12.6. The minimum absolute atomic E-state index is 0.0459. The maximum atomic E-state index is 11.4. The van der Waals surface area contributed by atoms with Gasteiger partial charge in [-0.25, -0.2) is 0 Å². The topological polar surface area (TPSA) is 32.7 Å². The number of fused-ring (bicyclic) bond motifs is 3. The molecule has 2 aromatic carbocycles. The lowest BCUT2D eigenvalue weighted by atomic mass is 9.87. The molecule has 130 valence electrons. The van der Waals surface area contributed by atoms with Gasteiger partial charge in [-0.2, -0.15) is 0 Å². The van der Waals surface area contributed by atoms with Gasteiger partial charge in [0.05, 0.1) is 11.8 Å². The molecule has 2 heterocycles. The first kappa shape index (κ1) is 16.8. The number of aldehydes is 1. The van der Waals surface area contributed by atoms with Crippen LogP contribution in [0.2, 0.25) is 5.02 Å². The van der Waals surface area contributed by atoms with Crippen molar-refractivity contribution >= 4 is 29.2 Å². The molecule has 0 amide bonds. The van der Waals surface area contributed by atoms with Gasteiger partial charge in [-0.1, -0.05) is 48.0 Å². The Morgan fingerprint density at radius 2 is 1.77 bits per heavy atom. The molecule has 4 rings (SSSR count). The maximum Gasteiger partial charge on any atom is 0.146 e. The van der Waals surface area contributed by atoms with E-state index in [0.717, 1.165) is 39.8 Å². The number of carbonyl (C=O) groups excluding carboxylic acids is 1. The van der Waals surface area contributed by atoms with E-state index in [1.54, 1.807) is 0 Å². The molecule has 0 bridgehead atoms. The second-order valence-corrected chi connectivity index (χ2v) is 7.10. The zero-order chi connectivity index (χ0) is 18.3. The quantitative estimate of drug-likeness (QED) is 0.743. The van der Waals surface area contributed by atoms with Gasteiger partial charge < -0.3 is 9.69 Å². The van der Waals surface area contributed by atoms with Gasteiger partial charge in [-0.3, -0.25) is 4.99 Å². The third kappa shape index (κ3) is 2.78. The van der Waals surface area contributed by atoms with Crippen molar-refractivity contribution in [1.82, 2.24) is 4.90 Å². The minimum atomic E-state index is -0.254. The standard InChI is InChI=1S/C22H19ClN2O/c1-14-20-11-17(13-26)25(2)12-21(20)18-5-3-4-6-19(18)22(24-14)15-7-9-16(23)10-8-15/h3-14,17H,1-2H3/t14-,17?/m0/s1. The van der Waals surface area contributed by atoms with E-state index >= 15 is 0 Å². The molecule has 0 radical (unpaired) electrons. The third-order valence-corrected chi connectivity index (χ3v) is 5.22. The van der Waals surface area contributed by atoms with Crippen LogP contribution in [0.15, 0.2) is 71.4 Å². The lowest BCUT2D eigenvalue weighted by Gasteiger charge is -2.29. The van der Waals surface area contributed by atoms with Crippen molar-refractivity contribution in [1.29, 1.82) is 0 Å². The zero-order valence-electron chi connectivity index (χ0n) is 14.7. The third-order valence-electron chi connectivity index (χ3n) is 4.97. The molecule has 0 saturated heterocycles. The molecular formula is C22H19ClN2O. The van der Waals surface area contributed by atoms with Gasteiger partial charge in [-0.05, 0) is 36.3 Å². The van der Waals surface area contributed by atoms with Gasteiger partial charge in [0.25, 0.3) is 0 Å². The Morgan fingerprint density at radius 1 is 1.08 bits per heavy atom. The number of benzene rings is 2. The van der Waals surface area contributed by atoms with Crippen LogP contribution in [0.3, 0.4) is 0 Å². The molecule has 0 saturated carbocycles. The van der Waals surface area contributed by atoms with E-state index in [9.17, 15) is 4.79 Å². The summed E-state index contributed by atoms with van der Waals surface area (Å²) in [6, 6.07) is 15.8. The molecule has 0 spiro atoms. The van der Waals surface area contributed by atoms with E-state index in [1.165, 1.54) is 0 Å². The Morgan fingerprint density at radius 3 is 2.46 bits per heavy atom. The average Bonchev–Trinajstić information content (AvgIpc) is 2.77. The van der Waals surface area contributed by atoms with Gasteiger partial charge in [0.1, 0.15) is 12.3 Å². The van der Waals surface area contributed by atoms with Crippen LogP contribution < -0.4 is 0 Å². The normalized spacial score (nSPS) is 21.7. The predicted octanol–water partition coefficient (Wildman–Crippen LogP) is 4.36.